The van der Waals surface area contributed by atoms with Gasteiger partial charge in [-0.2, -0.15) is 0 Å². The van der Waals surface area contributed by atoms with Gasteiger partial charge in [0.05, 0.1) is 12.6 Å². The van der Waals surface area contributed by atoms with E-state index in [1.165, 1.54) is 0 Å². The number of aliphatic imine (C=N–C) groups is 1. The van der Waals surface area contributed by atoms with Crippen LogP contribution in [0.2, 0.25) is 0 Å². The highest BCUT2D eigenvalue weighted by molar-refractivity contribution is 14.0. The van der Waals surface area contributed by atoms with Gasteiger partial charge in [0.15, 0.2) is 5.96 Å². The lowest BCUT2D eigenvalue weighted by molar-refractivity contribution is -0.0132. The summed E-state index contributed by atoms with van der Waals surface area (Å²) in [4.78, 5) is 4.25. The molecule has 1 unspecified atom stereocenters. The van der Waals surface area contributed by atoms with Gasteiger partial charge < -0.3 is 24.9 Å². The zero-order valence-corrected chi connectivity index (χ0v) is 16.4. The Morgan fingerprint density at radius 3 is 2.61 bits per heavy atom. The number of aliphatic hydroxyl groups is 1. The van der Waals surface area contributed by atoms with Crippen LogP contribution in [0.15, 0.2) is 21.5 Å². The zero-order chi connectivity index (χ0) is 16.0. The van der Waals surface area contributed by atoms with Crippen molar-refractivity contribution in [1.82, 2.24) is 10.6 Å². The molecule has 1 aliphatic heterocycles. The molecule has 1 aromatic rings. The second kappa shape index (κ2) is 9.48. The highest BCUT2D eigenvalue weighted by Crippen LogP contribution is 2.29. The summed E-state index contributed by atoms with van der Waals surface area (Å²) in [6, 6.07) is 3.94. The maximum Gasteiger partial charge on any atom is 0.191 e. The van der Waals surface area contributed by atoms with Crippen molar-refractivity contribution in [2.24, 2.45) is 10.4 Å². The first-order valence-corrected chi connectivity index (χ1v) is 7.81. The number of guanidine groups is 1. The third kappa shape index (κ3) is 5.65. The molecule has 0 bridgehead atoms. The van der Waals surface area contributed by atoms with Crippen molar-refractivity contribution >= 4 is 29.9 Å². The second-order valence-corrected chi connectivity index (χ2v) is 6.01. The number of aliphatic hydroxyl groups excluding tert-OH is 1. The molecule has 0 saturated carbocycles. The molecule has 1 atom stereocenters. The van der Waals surface area contributed by atoms with Crippen LogP contribution in [-0.4, -0.2) is 44.5 Å². The largest absolute Gasteiger partial charge is 0.464 e. The molecule has 23 heavy (non-hydrogen) atoms. The molecule has 0 spiro atoms. The number of rotatable bonds is 5. The van der Waals surface area contributed by atoms with Gasteiger partial charge in [0, 0.05) is 32.2 Å². The summed E-state index contributed by atoms with van der Waals surface area (Å²) in [6.07, 6.45) is 1.72. The molecule has 1 aromatic heterocycles. The number of ether oxygens (including phenoxy) is 1. The molecule has 2 heterocycles. The summed E-state index contributed by atoms with van der Waals surface area (Å²) in [5.74, 6) is 2.48. The van der Waals surface area contributed by atoms with Gasteiger partial charge in [-0.1, -0.05) is 0 Å². The van der Waals surface area contributed by atoms with E-state index in [4.69, 9.17) is 9.15 Å². The summed E-state index contributed by atoms with van der Waals surface area (Å²) in [5.41, 5.74) is -0.125. The molecular formula is C16H28IN3O3. The quantitative estimate of drug-likeness (QED) is 0.374. The minimum atomic E-state index is -0.125. The topological polar surface area (TPSA) is 79.0 Å². The molecule has 0 aromatic carbocycles. The van der Waals surface area contributed by atoms with Gasteiger partial charge >= 0.3 is 0 Å². The summed E-state index contributed by atoms with van der Waals surface area (Å²) in [5, 5.41) is 16.3. The smallest absolute Gasteiger partial charge is 0.191 e. The van der Waals surface area contributed by atoms with Gasteiger partial charge in [-0.05, 0) is 38.8 Å². The molecule has 1 saturated heterocycles. The van der Waals surface area contributed by atoms with Crippen LogP contribution in [0.1, 0.15) is 37.3 Å². The number of halogens is 1. The van der Waals surface area contributed by atoms with Gasteiger partial charge in [-0.15, -0.1) is 24.0 Å². The Morgan fingerprint density at radius 2 is 2.09 bits per heavy atom. The van der Waals surface area contributed by atoms with E-state index in [2.05, 4.69) is 15.6 Å². The highest BCUT2D eigenvalue weighted by atomic mass is 127. The van der Waals surface area contributed by atoms with Crippen molar-refractivity contribution in [2.75, 3.05) is 33.4 Å². The van der Waals surface area contributed by atoms with E-state index in [1.54, 1.807) is 7.05 Å². The van der Waals surface area contributed by atoms with Crippen molar-refractivity contribution in [3.8, 4) is 0 Å². The Labute approximate surface area is 155 Å². The first-order valence-electron chi connectivity index (χ1n) is 7.81. The summed E-state index contributed by atoms with van der Waals surface area (Å²) >= 11 is 0. The standard InChI is InChI=1S/C16H27N3O3.HI/c1-12-4-5-14(22-12)13(2)19-15(17-3)18-10-16(11-20)6-8-21-9-7-16;/h4-5,13,20H,6-11H2,1-3H3,(H2,17,18,19);1H. The first-order chi connectivity index (χ1) is 10.6. The SMILES string of the molecule is CN=C(NCC1(CO)CCOCC1)NC(C)c1ccc(C)o1.I. The molecule has 1 aliphatic rings. The van der Waals surface area contributed by atoms with E-state index >= 15 is 0 Å². The van der Waals surface area contributed by atoms with Crippen molar-refractivity contribution in [1.29, 1.82) is 0 Å². The van der Waals surface area contributed by atoms with Crippen molar-refractivity contribution in [2.45, 2.75) is 32.7 Å². The number of nitrogens with zero attached hydrogens (tertiary/aromatic N) is 1. The fraction of sp³-hybridized carbons (Fsp3) is 0.688. The number of aryl methyl sites for hydroxylation is 1. The van der Waals surface area contributed by atoms with Crippen LogP contribution >= 0.6 is 24.0 Å². The number of furan rings is 1. The van der Waals surface area contributed by atoms with E-state index in [-0.39, 0.29) is 42.0 Å². The summed E-state index contributed by atoms with van der Waals surface area (Å²) in [6.45, 7) is 6.21. The molecule has 3 N–H and O–H groups in total. The third-order valence-corrected chi connectivity index (χ3v) is 4.28. The van der Waals surface area contributed by atoms with E-state index in [1.807, 2.05) is 26.0 Å². The summed E-state index contributed by atoms with van der Waals surface area (Å²) in [7, 11) is 1.74. The average Bonchev–Trinajstić information content (AvgIpc) is 2.98. The van der Waals surface area contributed by atoms with Crippen LogP contribution in [0.25, 0.3) is 0 Å². The lowest BCUT2D eigenvalue weighted by atomic mass is 9.81. The third-order valence-electron chi connectivity index (χ3n) is 4.28. The molecule has 7 heteroatoms. The minimum absolute atomic E-state index is 0. The normalized spacial score (nSPS) is 18.9. The zero-order valence-electron chi connectivity index (χ0n) is 14.1. The van der Waals surface area contributed by atoms with Gasteiger partial charge in [-0.25, -0.2) is 0 Å². The minimum Gasteiger partial charge on any atom is -0.464 e. The van der Waals surface area contributed by atoms with Crippen LogP contribution in [0.4, 0.5) is 0 Å². The second-order valence-electron chi connectivity index (χ2n) is 6.01. The average molecular weight is 437 g/mol. The predicted molar refractivity (Wildman–Crippen MR) is 101 cm³/mol. The van der Waals surface area contributed by atoms with Crippen molar-refractivity contribution < 1.29 is 14.3 Å². The molecule has 2 rings (SSSR count). The van der Waals surface area contributed by atoms with Gasteiger partial charge in [-0.3, -0.25) is 4.99 Å². The molecule has 0 radical (unpaired) electrons. The number of hydrogen-bond donors (Lipinski definition) is 3. The molecule has 1 fully saturated rings. The maximum absolute atomic E-state index is 9.72. The van der Waals surface area contributed by atoms with E-state index < -0.39 is 0 Å². The molecule has 132 valence electrons. The first kappa shape index (κ1) is 20.2. The van der Waals surface area contributed by atoms with Crippen molar-refractivity contribution in [3.63, 3.8) is 0 Å². The molecular weight excluding hydrogens is 409 g/mol. The fourth-order valence-corrected chi connectivity index (χ4v) is 2.62. The van der Waals surface area contributed by atoms with Crippen LogP contribution in [0.5, 0.6) is 0 Å². The monoisotopic (exact) mass is 437 g/mol. The van der Waals surface area contributed by atoms with E-state index in [0.717, 1.165) is 24.4 Å². The van der Waals surface area contributed by atoms with E-state index in [9.17, 15) is 5.11 Å². The van der Waals surface area contributed by atoms with Crippen LogP contribution in [0, 0.1) is 12.3 Å². The molecule has 0 amide bonds. The Hall–Kier alpha value is -0.800. The van der Waals surface area contributed by atoms with Crippen LogP contribution < -0.4 is 10.6 Å². The Morgan fingerprint density at radius 1 is 1.39 bits per heavy atom. The van der Waals surface area contributed by atoms with Crippen LogP contribution in [0.3, 0.4) is 0 Å². The summed E-state index contributed by atoms with van der Waals surface area (Å²) < 4.78 is 11.0. The number of nitrogens with one attached hydrogen (secondary N) is 2. The Kier molecular flexibility index (Phi) is 8.35. The van der Waals surface area contributed by atoms with Crippen molar-refractivity contribution in [3.05, 3.63) is 23.7 Å². The Bertz CT molecular complexity index is 499. The van der Waals surface area contributed by atoms with E-state index in [0.29, 0.717) is 25.7 Å². The van der Waals surface area contributed by atoms with Gasteiger partial charge in [0.25, 0.3) is 0 Å². The predicted octanol–water partition coefficient (Wildman–Crippen LogP) is 2.22. The highest BCUT2D eigenvalue weighted by Gasteiger charge is 2.32. The van der Waals surface area contributed by atoms with Gasteiger partial charge in [0.2, 0.25) is 0 Å². The number of hydrogen-bond acceptors (Lipinski definition) is 4. The lowest BCUT2D eigenvalue weighted by Crippen LogP contribution is -2.47. The lowest BCUT2D eigenvalue weighted by Gasteiger charge is -2.36. The van der Waals surface area contributed by atoms with Crippen LogP contribution in [-0.2, 0) is 4.74 Å². The fourth-order valence-electron chi connectivity index (χ4n) is 2.62. The maximum atomic E-state index is 9.72. The molecule has 6 nitrogen and oxygen atoms in total. The Balaban J connectivity index is 0.00000264. The van der Waals surface area contributed by atoms with Gasteiger partial charge in [0.1, 0.15) is 11.5 Å². The molecule has 0 aliphatic carbocycles.